The van der Waals surface area contributed by atoms with Crippen LogP contribution in [-0.4, -0.2) is 56.6 Å². The molecule has 2 aromatic carbocycles. The van der Waals surface area contributed by atoms with Crippen LogP contribution in [0.25, 0.3) is 0 Å². The Balaban J connectivity index is 2.47. The minimum absolute atomic E-state index is 0.0192. The summed E-state index contributed by atoms with van der Waals surface area (Å²) in [6, 6.07) is 10.4. The minimum atomic E-state index is -3.88. The van der Waals surface area contributed by atoms with E-state index in [2.05, 4.69) is 5.32 Å². The maximum Gasteiger partial charge on any atom is 0.244 e. The van der Waals surface area contributed by atoms with Crippen LogP contribution in [0.2, 0.25) is 10.0 Å². The smallest absolute Gasteiger partial charge is 0.244 e. The Morgan fingerprint density at radius 3 is 2.33 bits per heavy atom. The van der Waals surface area contributed by atoms with Crippen molar-refractivity contribution in [2.45, 2.75) is 52.7 Å². The molecule has 198 valence electrons. The minimum Gasteiger partial charge on any atom is -0.492 e. The van der Waals surface area contributed by atoms with Crippen molar-refractivity contribution in [2.75, 3.05) is 23.7 Å². The Kier molecular flexibility index (Phi) is 10.9. The second kappa shape index (κ2) is 13.2. The summed E-state index contributed by atoms with van der Waals surface area (Å²) in [6.45, 7) is 6.94. The van der Waals surface area contributed by atoms with Crippen LogP contribution in [0, 0.1) is 0 Å². The van der Waals surface area contributed by atoms with Gasteiger partial charge in [-0.3, -0.25) is 13.9 Å². The third kappa shape index (κ3) is 8.01. The van der Waals surface area contributed by atoms with Crippen LogP contribution in [0.15, 0.2) is 42.5 Å². The summed E-state index contributed by atoms with van der Waals surface area (Å²) in [6.07, 6.45) is 1.73. The zero-order chi connectivity index (χ0) is 27.0. The lowest BCUT2D eigenvalue weighted by Crippen LogP contribution is -2.52. The van der Waals surface area contributed by atoms with E-state index >= 15 is 0 Å². The zero-order valence-corrected chi connectivity index (χ0v) is 23.5. The number of nitrogens with one attached hydrogen (secondary N) is 1. The van der Waals surface area contributed by atoms with Crippen molar-refractivity contribution in [1.29, 1.82) is 0 Å². The lowest BCUT2D eigenvalue weighted by Gasteiger charge is -2.32. The zero-order valence-electron chi connectivity index (χ0n) is 21.1. The topological polar surface area (TPSA) is 96.0 Å². The number of nitrogens with zero attached hydrogens (tertiary/aromatic N) is 2. The molecule has 2 rings (SSSR count). The van der Waals surface area contributed by atoms with E-state index in [0.717, 1.165) is 10.6 Å². The number of sulfonamides is 1. The quantitative estimate of drug-likeness (QED) is 0.414. The lowest BCUT2D eigenvalue weighted by atomic mass is 10.1. The number of amides is 2. The molecule has 11 heteroatoms. The van der Waals surface area contributed by atoms with Crippen molar-refractivity contribution in [3.63, 3.8) is 0 Å². The molecule has 0 radical (unpaired) electrons. The van der Waals surface area contributed by atoms with Crippen LogP contribution in [-0.2, 0) is 26.2 Å². The van der Waals surface area contributed by atoms with Gasteiger partial charge in [0.15, 0.2) is 0 Å². The van der Waals surface area contributed by atoms with Crippen LogP contribution in [0.3, 0.4) is 0 Å². The number of ether oxygens (including phenoxy) is 1. The fraction of sp³-hybridized carbons (Fsp3) is 0.440. The Bertz CT molecular complexity index is 1180. The molecule has 0 fully saturated rings. The van der Waals surface area contributed by atoms with Gasteiger partial charge in [-0.1, -0.05) is 48.3 Å². The number of carbonyl (C=O) groups excluding carboxylic acids is 2. The van der Waals surface area contributed by atoms with Crippen molar-refractivity contribution >= 4 is 50.7 Å². The van der Waals surface area contributed by atoms with Crippen LogP contribution in [0.5, 0.6) is 5.75 Å². The summed E-state index contributed by atoms with van der Waals surface area (Å²) < 4.78 is 32.1. The monoisotopic (exact) mass is 557 g/mol. The van der Waals surface area contributed by atoms with E-state index < -0.39 is 28.5 Å². The Morgan fingerprint density at radius 1 is 1.08 bits per heavy atom. The number of rotatable bonds is 12. The molecule has 0 aliphatic heterocycles. The largest absolute Gasteiger partial charge is 0.492 e. The van der Waals surface area contributed by atoms with Gasteiger partial charge in [0.1, 0.15) is 18.3 Å². The molecule has 36 heavy (non-hydrogen) atoms. The third-order valence-corrected chi connectivity index (χ3v) is 7.35. The van der Waals surface area contributed by atoms with Crippen LogP contribution in [0.4, 0.5) is 5.69 Å². The van der Waals surface area contributed by atoms with Gasteiger partial charge in [0.05, 0.1) is 18.6 Å². The SMILES string of the molecule is CCOc1ccccc1N(CC(=O)N(Cc1ccc(Cl)cc1Cl)[C@@H](C)C(=O)N[C@H](C)CC)S(C)(=O)=O. The molecule has 0 heterocycles. The summed E-state index contributed by atoms with van der Waals surface area (Å²) in [5, 5.41) is 3.64. The highest BCUT2D eigenvalue weighted by Crippen LogP contribution is 2.30. The van der Waals surface area contributed by atoms with Crippen LogP contribution < -0.4 is 14.4 Å². The number of anilines is 1. The number of para-hydroxylation sites is 2. The maximum atomic E-state index is 13.7. The van der Waals surface area contributed by atoms with Gasteiger partial charge in [-0.15, -0.1) is 0 Å². The Labute approximate surface area is 223 Å². The standard InChI is InChI=1S/C25H33Cl2N3O5S/c1-6-17(3)28-25(32)18(4)29(15-19-12-13-20(26)14-21(19)27)24(31)16-30(36(5,33)34)22-10-8-9-11-23(22)35-7-2/h8-14,17-18H,6-7,15-16H2,1-5H3,(H,28,32)/t17-,18+/m1/s1. The molecule has 0 saturated heterocycles. The molecule has 0 bridgehead atoms. The first-order valence-corrected chi connectivity index (χ1v) is 14.2. The first-order valence-electron chi connectivity index (χ1n) is 11.6. The molecule has 0 unspecified atom stereocenters. The first-order chi connectivity index (χ1) is 16.9. The predicted octanol–water partition coefficient (Wildman–Crippen LogP) is 4.49. The molecule has 2 atom stereocenters. The molecular formula is C25H33Cl2N3O5S. The molecule has 8 nitrogen and oxygen atoms in total. The average molecular weight is 559 g/mol. The Hall–Kier alpha value is -2.49. The van der Waals surface area contributed by atoms with E-state index in [0.29, 0.717) is 34.4 Å². The summed E-state index contributed by atoms with van der Waals surface area (Å²) in [7, 11) is -3.88. The summed E-state index contributed by atoms with van der Waals surface area (Å²) in [5.41, 5.74) is 0.801. The van der Waals surface area contributed by atoms with Crippen molar-refractivity contribution in [1.82, 2.24) is 10.2 Å². The highest BCUT2D eigenvalue weighted by molar-refractivity contribution is 7.92. The van der Waals surface area contributed by atoms with E-state index in [4.69, 9.17) is 27.9 Å². The van der Waals surface area contributed by atoms with Gasteiger partial charge >= 0.3 is 0 Å². The molecule has 0 aliphatic carbocycles. The molecule has 2 amide bonds. The van der Waals surface area contributed by atoms with E-state index in [1.807, 2.05) is 13.8 Å². The first kappa shape index (κ1) is 29.7. The number of carbonyl (C=O) groups is 2. The molecule has 0 saturated carbocycles. The number of hydrogen-bond acceptors (Lipinski definition) is 5. The molecule has 1 N–H and O–H groups in total. The summed E-state index contributed by atoms with van der Waals surface area (Å²) >= 11 is 12.4. The van der Waals surface area contributed by atoms with Gasteiger partial charge in [-0.2, -0.15) is 0 Å². The third-order valence-electron chi connectivity index (χ3n) is 5.64. The number of hydrogen-bond donors (Lipinski definition) is 1. The fourth-order valence-electron chi connectivity index (χ4n) is 3.42. The van der Waals surface area contributed by atoms with E-state index in [9.17, 15) is 18.0 Å². The van der Waals surface area contributed by atoms with E-state index in [1.54, 1.807) is 56.3 Å². The maximum absolute atomic E-state index is 13.7. The highest BCUT2D eigenvalue weighted by atomic mass is 35.5. The molecular weight excluding hydrogens is 525 g/mol. The second-order valence-corrected chi connectivity index (χ2v) is 11.2. The van der Waals surface area contributed by atoms with Crippen molar-refractivity contribution in [3.05, 3.63) is 58.1 Å². The van der Waals surface area contributed by atoms with Gasteiger partial charge in [0, 0.05) is 22.6 Å². The summed E-state index contributed by atoms with van der Waals surface area (Å²) in [5.74, 6) is -0.610. The van der Waals surface area contributed by atoms with Crippen molar-refractivity contribution in [2.24, 2.45) is 0 Å². The van der Waals surface area contributed by atoms with Gasteiger partial charge in [-0.05, 0) is 57.0 Å². The lowest BCUT2D eigenvalue weighted by molar-refractivity contribution is -0.139. The summed E-state index contributed by atoms with van der Waals surface area (Å²) in [4.78, 5) is 27.9. The Morgan fingerprint density at radius 2 is 1.75 bits per heavy atom. The van der Waals surface area contributed by atoms with Crippen LogP contribution in [0.1, 0.15) is 39.7 Å². The molecule has 2 aromatic rings. The van der Waals surface area contributed by atoms with Gasteiger partial charge in [0.2, 0.25) is 21.8 Å². The molecule has 0 aromatic heterocycles. The van der Waals surface area contributed by atoms with Crippen LogP contribution >= 0.6 is 23.2 Å². The normalized spacial score (nSPS) is 13.0. The second-order valence-electron chi connectivity index (χ2n) is 8.42. The molecule has 0 spiro atoms. The average Bonchev–Trinajstić information content (AvgIpc) is 2.81. The van der Waals surface area contributed by atoms with Crippen molar-refractivity contribution < 1.29 is 22.7 Å². The van der Waals surface area contributed by atoms with Crippen molar-refractivity contribution in [3.8, 4) is 5.75 Å². The van der Waals surface area contributed by atoms with Gasteiger partial charge in [-0.25, -0.2) is 8.42 Å². The fourth-order valence-corrected chi connectivity index (χ4v) is 4.74. The van der Waals surface area contributed by atoms with E-state index in [1.165, 1.54) is 4.90 Å². The van der Waals surface area contributed by atoms with Gasteiger partial charge in [0.25, 0.3) is 0 Å². The van der Waals surface area contributed by atoms with Gasteiger partial charge < -0.3 is 15.0 Å². The highest BCUT2D eigenvalue weighted by Gasteiger charge is 2.31. The predicted molar refractivity (Wildman–Crippen MR) is 144 cm³/mol. The van der Waals surface area contributed by atoms with E-state index in [-0.39, 0.29) is 24.2 Å². The number of halogens is 2. The molecule has 0 aliphatic rings. The number of benzene rings is 2.